The lowest BCUT2D eigenvalue weighted by Crippen LogP contribution is -1.88. The lowest BCUT2D eigenvalue weighted by molar-refractivity contribution is 1.12. The summed E-state index contributed by atoms with van der Waals surface area (Å²) in [5.41, 5.74) is 2.24. The molecule has 0 saturated heterocycles. The molecule has 0 amide bonds. The van der Waals surface area contributed by atoms with Crippen molar-refractivity contribution in [2.75, 3.05) is 0 Å². The summed E-state index contributed by atoms with van der Waals surface area (Å²) in [6.07, 6.45) is 1.79. The molecule has 0 spiro atoms. The smallest absolute Gasteiger partial charge is 0.179 e. The average Bonchev–Trinajstić information content (AvgIpc) is 2.94. The maximum atomic E-state index is 8.84. The summed E-state index contributed by atoms with van der Waals surface area (Å²) in [5.74, 6) is 0.706. The van der Waals surface area contributed by atoms with E-state index in [1.165, 1.54) is 11.3 Å². The van der Waals surface area contributed by atoms with Crippen LogP contribution in [0.15, 0.2) is 23.7 Å². The van der Waals surface area contributed by atoms with E-state index >= 15 is 0 Å². The normalized spacial score (nSPS) is 10.7. The Balaban J connectivity index is 2.25. The molecular weight excluding hydrogens is 268 g/mol. The van der Waals surface area contributed by atoms with Gasteiger partial charge in [0.15, 0.2) is 11.5 Å². The second-order valence-electron chi connectivity index (χ2n) is 3.84. The van der Waals surface area contributed by atoms with Gasteiger partial charge >= 0.3 is 0 Å². The van der Waals surface area contributed by atoms with Crippen molar-refractivity contribution in [1.82, 2.24) is 14.6 Å². The van der Waals surface area contributed by atoms with Gasteiger partial charge in [-0.3, -0.25) is 4.40 Å². The summed E-state index contributed by atoms with van der Waals surface area (Å²) in [4.78, 5) is 0.895. The molecule has 0 atom stereocenters. The molecular formula is C12H7ClN4S. The highest BCUT2D eigenvalue weighted by atomic mass is 35.5. The van der Waals surface area contributed by atoms with E-state index in [4.69, 9.17) is 16.9 Å². The van der Waals surface area contributed by atoms with Crippen molar-refractivity contribution in [2.24, 2.45) is 0 Å². The Morgan fingerprint density at radius 2 is 2.28 bits per heavy atom. The predicted octanol–water partition coefficient (Wildman–Crippen LogP) is 3.29. The topological polar surface area (TPSA) is 54.0 Å². The monoisotopic (exact) mass is 274 g/mol. The van der Waals surface area contributed by atoms with Gasteiger partial charge in [0.1, 0.15) is 0 Å². The zero-order valence-corrected chi connectivity index (χ0v) is 11.0. The lowest BCUT2D eigenvalue weighted by Gasteiger charge is -1.98. The first-order valence-electron chi connectivity index (χ1n) is 5.19. The van der Waals surface area contributed by atoms with E-state index in [0.717, 1.165) is 10.4 Å². The minimum absolute atomic E-state index is 0.565. The van der Waals surface area contributed by atoms with Gasteiger partial charge < -0.3 is 0 Å². The molecule has 0 aliphatic heterocycles. The van der Waals surface area contributed by atoms with Gasteiger partial charge in [0.25, 0.3) is 0 Å². The van der Waals surface area contributed by atoms with Crippen LogP contribution >= 0.6 is 22.9 Å². The lowest BCUT2D eigenvalue weighted by atomic mass is 10.3. The van der Waals surface area contributed by atoms with Crippen LogP contribution in [0.1, 0.15) is 11.1 Å². The van der Waals surface area contributed by atoms with E-state index in [-0.39, 0.29) is 0 Å². The van der Waals surface area contributed by atoms with Crippen LogP contribution in [0.3, 0.4) is 0 Å². The minimum Gasteiger partial charge on any atom is -0.282 e. The van der Waals surface area contributed by atoms with Crippen LogP contribution in [0, 0.1) is 18.3 Å². The SMILES string of the molecule is Cc1csc(-c2nnc3cc(C#N)ccn23)c1Cl. The zero-order valence-electron chi connectivity index (χ0n) is 9.38. The number of thiophene rings is 1. The Labute approximate surface area is 112 Å². The second-order valence-corrected chi connectivity index (χ2v) is 5.10. The van der Waals surface area contributed by atoms with Crippen molar-refractivity contribution < 1.29 is 0 Å². The van der Waals surface area contributed by atoms with Crippen molar-refractivity contribution in [3.63, 3.8) is 0 Å². The quantitative estimate of drug-likeness (QED) is 0.684. The first-order chi connectivity index (χ1) is 8.70. The Morgan fingerprint density at radius 3 is 2.94 bits per heavy atom. The van der Waals surface area contributed by atoms with E-state index in [0.29, 0.717) is 22.1 Å². The van der Waals surface area contributed by atoms with Crippen LogP contribution in [-0.2, 0) is 0 Å². The molecule has 0 aliphatic rings. The summed E-state index contributed by atoms with van der Waals surface area (Å²) in [7, 11) is 0. The number of halogens is 1. The fourth-order valence-corrected chi connectivity index (χ4v) is 2.95. The van der Waals surface area contributed by atoms with Gasteiger partial charge in [0.05, 0.1) is 21.5 Å². The van der Waals surface area contributed by atoms with Gasteiger partial charge in [0, 0.05) is 12.3 Å². The zero-order chi connectivity index (χ0) is 12.7. The molecule has 0 N–H and O–H groups in total. The molecule has 3 aromatic rings. The molecule has 3 aromatic heterocycles. The van der Waals surface area contributed by atoms with Gasteiger partial charge in [-0.05, 0) is 23.9 Å². The number of pyridine rings is 1. The third-order valence-corrected chi connectivity index (χ3v) is 4.33. The van der Waals surface area contributed by atoms with Crippen molar-refractivity contribution in [3.05, 3.63) is 39.9 Å². The maximum absolute atomic E-state index is 8.84. The Hall–Kier alpha value is -1.90. The van der Waals surface area contributed by atoms with Crippen LogP contribution in [0.4, 0.5) is 0 Å². The molecule has 0 radical (unpaired) electrons. The van der Waals surface area contributed by atoms with Crippen molar-refractivity contribution >= 4 is 28.6 Å². The van der Waals surface area contributed by atoms with E-state index in [9.17, 15) is 0 Å². The number of nitrogens with zero attached hydrogens (tertiary/aromatic N) is 4. The van der Waals surface area contributed by atoms with Crippen molar-refractivity contribution in [2.45, 2.75) is 6.92 Å². The largest absolute Gasteiger partial charge is 0.282 e. The third kappa shape index (κ3) is 1.58. The van der Waals surface area contributed by atoms with E-state index in [1.54, 1.807) is 18.3 Å². The maximum Gasteiger partial charge on any atom is 0.179 e. The number of hydrogen-bond donors (Lipinski definition) is 0. The molecule has 88 valence electrons. The van der Waals surface area contributed by atoms with Crippen LogP contribution in [-0.4, -0.2) is 14.6 Å². The number of fused-ring (bicyclic) bond motifs is 1. The molecule has 4 nitrogen and oxygen atoms in total. The van der Waals surface area contributed by atoms with Crippen molar-refractivity contribution in [3.8, 4) is 16.8 Å². The van der Waals surface area contributed by atoms with E-state index < -0.39 is 0 Å². The van der Waals surface area contributed by atoms with Crippen LogP contribution in [0.5, 0.6) is 0 Å². The summed E-state index contributed by atoms with van der Waals surface area (Å²) in [5, 5.41) is 19.7. The highest BCUT2D eigenvalue weighted by Crippen LogP contribution is 2.35. The first-order valence-corrected chi connectivity index (χ1v) is 6.45. The average molecular weight is 275 g/mol. The number of rotatable bonds is 1. The highest BCUT2D eigenvalue weighted by molar-refractivity contribution is 7.14. The van der Waals surface area contributed by atoms with E-state index in [1.807, 2.05) is 16.7 Å². The molecule has 0 aliphatic carbocycles. The Kier molecular flexibility index (Phi) is 2.54. The fraction of sp³-hybridized carbons (Fsp3) is 0.0833. The molecule has 0 saturated carbocycles. The van der Waals surface area contributed by atoms with Crippen LogP contribution < -0.4 is 0 Å². The van der Waals surface area contributed by atoms with Gasteiger partial charge in [-0.1, -0.05) is 11.6 Å². The number of aromatic nitrogens is 3. The van der Waals surface area contributed by atoms with Gasteiger partial charge in [-0.15, -0.1) is 21.5 Å². The number of hydrogen-bond acceptors (Lipinski definition) is 4. The predicted molar refractivity (Wildman–Crippen MR) is 70.8 cm³/mol. The molecule has 6 heteroatoms. The van der Waals surface area contributed by atoms with Gasteiger partial charge in [0.2, 0.25) is 0 Å². The van der Waals surface area contributed by atoms with E-state index in [2.05, 4.69) is 16.3 Å². The molecule has 3 rings (SSSR count). The van der Waals surface area contributed by atoms with Crippen LogP contribution in [0.25, 0.3) is 16.3 Å². The Bertz CT molecular complexity index is 781. The third-order valence-electron chi connectivity index (χ3n) is 2.64. The summed E-state index contributed by atoms with van der Waals surface area (Å²) < 4.78 is 1.83. The summed E-state index contributed by atoms with van der Waals surface area (Å²) >= 11 is 7.77. The second kappa shape index (κ2) is 4.09. The summed E-state index contributed by atoms with van der Waals surface area (Å²) in [6, 6.07) is 5.51. The Morgan fingerprint density at radius 1 is 1.44 bits per heavy atom. The fourth-order valence-electron chi connectivity index (χ4n) is 1.70. The standard InChI is InChI=1S/C12H7ClN4S/c1-7-6-18-11(10(7)13)12-16-15-9-4-8(5-14)2-3-17(9)12/h2-4,6H,1H3. The molecule has 0 aromatic carbocycles. The molecule has 0 unspecified atom stereocenters. The van der Waals surface area contributed by atoms with Crippen LogP contribution in [0.2, 0.25) is 5.02 Å². The van der Waals surface area contributed by atoms with Crippen molar-refractivity contribution in [1.29, 1.82) is 5.26 Å². The molecule has 0 bridgehead atoms. The number of nitriles is 1. The molecule has 3 heterocycles. The molecule has 18 heavy (non-hydrogen) atoms. The molecule has 0 fully saturated rings. The van der Waals surface area contributed by atoms with Gasteiger partial charge in [-0.25, -0.2) is 0 Å². The van der Waals surface area contributed by atoms with Gasteiger partial charge in [-0.2, -0.15) is 5.26 Å². The highest BCUT2D eigenvalue weighted by Gasteiger charge is 2.15. The first kappa shape index (κ1) is 11.2. The minimum atomic E-state index is 0.565. The number of aryl methyl sites for hydroxylation is 1. The summed E-state index contributed by atoms with van der Waals surface area (Å²) in [6.45, 7) is 1.96.